The van der Waals surface area contributed by atoms with Gasteiger partial charge in [0.2, 0.25) is 5.91 Å². The minimum atomic E-state index is -4.43. The smallest absolute Gasteiger partial charge is 0.373 e. The first-order valence-corrected chi connectivity index (χ1v) is 13.6. The maximum Gasteiger partial charge on any atom is 0.417 e. The first-order chi connectivity index (χ1) is 17.8. The minimum Gasteiger partial charge on any atom is -0.373 e. The lowest BCUT2D eigenvalue weighted by molar-refractivity contribution is -0.144. The Bertz CT molecular complexity index is 1140. The van der Waals surface area contributed by atoms with Crippen molar-refractivity contribution in [3.63, 3.8) is 0 Å². The van der Waals surface area contributed by atoms with Crippen LogP contribution in [-0.2, 0) is 28.7 Å². The first-order valence-electron chi connectivity index (χ1n) is 13.6. The van der Waals surface area contributed by atoms with E-state index in [9.17, 15) is 18.0 Å². The molecule has 4 aliphatic rings. The molecule has 37 heavy (non-hydrogen) atoms. The standard InChI is InChI=1S/C29H34F3N3O2/c30-29(31,32)22-13-20-18-35(11-8-25(20)33-17-22)27(36)28-10-4-7-21(28)14-24(16-28)34-23-9-12-37-26(15-23)19-5-2-1-3-6-19/h1-3,5-6,13,17,21,23-24,26,34H,4,7-12,14-16,18H2. The molecule has 3 heterocycles. The van der Waals surface area contributed by atoms with Gasteiger partial charge in [0.05, 0.1) is 17.1 Å². The molecule has 1 aromatic heterocycles. The molecular formula is C29H34F3N3O2. The molecule has 1 aromatic carbocycles. The number of benzene rings is 1. The van der Waals surface area contributed by atoms with Crippen molar-refractivity contribution in [3.05, 3.63) is 65.0 Å². The number of amides is 1. The van der Waals surface area contributed by atoms with Crippen molar-refractivity contribution in [2.75, 3.05) is 13.2 Å². The number of fused-ring (bicyclic) bond motifs is 2. The fraction of sp³-hybridized carbons (Fsp3) is 0.586. The molecule has 0 spiro atoms. The number of ether oxygens (including phenoxy) is 1. The molecule has 6 rings (SSSR count). The normalized spacial score (nSPS) is 31.7. The number of pyridine rings is 1. The number of hydrogen-bond donors (Lipinski definition) is 1. The predicted octanol–water partition coefficient (Wildman–Crippen LogP) is 5.44. The second-order valence-electron chi connectivity index (χ2n) is 11.3. The summed E-state index contributed by atoms with van der Waals surface area (Å²) >= 11 is 0. The summed E-state index contributed by atoms with van der Waals surface area (Å²) in [6.45, 7) is 1.46. The van der Waals surface area contributed by atoms with Gasteiger partial charge in [0.15, 0.2) is 0 Å². The van der Waals surface area contributed by atoms with Crippen LogP contribution in [0, 0.1) is 11.3 Å². The van der Waals surface area contributed by atoms with Gasteiger partial charge in [-0.05, 0) is 61.6 Å². The van der Waals surface area contributed by atoms with E-state index in [1.54, 1.807) is 0 Å². The summed E-state index contributed by atoms with van der Waals surface area (Å²) in [7, 11) is 0. The quantitative estimate of drug-likeness (QED) is 0.591. The van der Waals surface area contributed by atoms with Gasteiger partial charge in [-0.2, -0.15) is 13.2 Å². The number of carbonyl (C=O) groups is 1. The summed E-state index contributed by atoms with van der Waals surface area (Å²) in [5.41, 5.74) is 1.28. The van der Waals surface area contributed by atoms with Gasteiger partial charge in [0.1, 0.15) is 0 Å². The van der Waals surface area contributed by atoms with Gasteiger partial charge in [-0.15, -0.1) is 0 Å². The maximum absolute atomic E-state index is 14.0. The average molecular weight is 514 g/mol. The molecule has 5 nitrogen and oxygen atoms in total. The third-order valence-electron chi connectivity index (χ3n) is 9.14. The third-order valence-corrected chi connectivity index (χ3v) is 9.14. The van der Waals surface area contributed by atoms with Crippen LogP contribution < -0.4 is 5.32 Å². The number of carbonyl (C=O) groups excluding carboxylic acids is 1. The second-order valence-corrected chi connectivity index (χ2v) is 11.3. The zero-order valence-corrected chi connectivity index (χ0v) is 21.0. The van der Waals surface area contributed by atoms with Crippen LogP contribution in [0.15, 0.2) is 42.6 Å². The third kappa shape index (κ3) is 4.78. The topological polar surface area (TPSA) is 54.5 Å². The molecule has 198 valence electrons. The Hall–Kier alpha value is -2.45. The van der Waals surface area contributed by atoms with Gasteiger partial charge in [-0.25, -0.2) is 0 Å². The van der Waals surface area contributed by atoms with Crippen molar-refractivity contribution in [2.24, 2.45) is 11.3 Å². The van der Waals surface area contributed by atoms with E-state index in [1.807, 2.05) is 23.1 Å². The van der Waals surface area contributed by atoms with E-state index in [1.165, 1.54) is 11.6 Å². The highest BCUT2D eigenvalue weighted by Crippen LogP contribution is 2.55. The second kappa shape index (κ2) is 9.70. The number of nitrogens with zero attached hydrogens (tertiary/aromatic N) is 2. The van der Waals surface area contributed by atoms with Crippen LogP contribution in [0.4, 0.5) is 13.2 Å². The molecule has 2 aliphatic heterocycles. The van der Waals surface area contributed by atoms with Crippen LogP contribution in [0.5, 0.6) is 0 Å². The van der Waals surface area contributed by atoms with Crippen LogP contribution in [0.2, 0.25) is 0 Å². The molecule has 3 fully saturated rings. The van der Waals surface area contributed by atoms with Gasteiger partial charge < -0.3 is 15.0 Å². The highest BCUT2D eigenvalue weighted by molar-refractivity contribution is 5.84. The number of alkyl halides is 3. The number of rotatable bonds is 4. The largest absolute Gasteiger partial charge is 0.417 e. The lowest BCUT2D eigenvalue weighted by Gasteiger charge is -2.37. The van der Waals surface area contributed by atoms with Gasteiger partial charge in [-0.1, -0.05) is 36.8 Å². The van der Waals surface area contributed by atoms with E-state index in [2.05, 4.69) is 22.4 Å². The van der Waals surface area contributed by atoms with Crippen LogP contribution in [-0.4, -0.2) is 41.0 Å². The first kappa shape index (κ1) is 24.9. The van der Waals surface area contributed by atoms with Gasteiger partial charge in [0.25, 0.3) is 0 Å². The number of aromatic nitrogens is 1. The fourth-order valence-corrected chi connectivity index (χ4v) is 7.37. The van der Waals surface area contributed by atoms with Gasteiger partial charge >= 0.3 is 6.18 Å². The highest BCUT2D eigenvalue weighted by atomic mass is 19.4. The van der Waals surface area contributed by atoms with Crippen molar-refractivity contribution in [1.29, 1.82) is 0 Å². The highest BCUT2D eigenvalue weighted by Gasteiger charge is 2.56. The number of hydrogen-bond acceptors (Lipinski definition) is 4. The van der Waals surface area contributed by atoms with E-state index >= 15 is 0 Å². The summed E-state index contributed by atoms with van der Waals surface area (Å²) in [4.78, 5) is 19.9. The van der Waals surface area contributed by atoms with E-state index in [0.717, 1.165) is 57.7 Å². The predicted molar refractivity (Wildman–Crippen MR) is 132 cm³/mol. The van der Waals surface area contributed by atoms with Gasteiger partial charge in [-0.3, -0.25) is 9.78 Å². The van der Waals surface area contributed by atoms with E-state index in [4.69, 9.17) is 4.74 Å². The molecule has 0 bridgehead atoms. The Kier molecular flexibility index (Phi) is 6.51. The van der Waals surface area contributed by atoms with Crippen molar-refractivity contribution in [1.82, 2.24) is 15.2 Å². The Morgan fingerprint density at radius 1 is 1.14 bits per heavy atom. The Balaban J connectivity index is 1.14. The van der Waals surface area contributed by atoms with Crippen LogP contribution >= 0.6 is 0 Å². The molecular weight excluding hydrogens is 479 g/mol. The Morgan fingerprint density at radius 3 is 2.78 bits per heavy atom. The average Bonchev–Trinajstić information content (AvgIpc) is 3.46. The molecule has 2 aromatic rings. The molecule has 1 saturated heterocycles. The van der Waals surface area contributed by atoms with Crippen molar-refractivity contribution in [3.8, 4) is 0 Å². The minimum absolute atomic E-state index is 0.0903. The summed E-state index contributed by atoms with van der Waals surface area (Å²) in [5.74, 6) is 0.472. The monoisotopic (exact) mass is 513 g/mol. The van der Waals surface area contributed by atoms with E-state index in [-0.39, 0.29) is 24.6 Å². The lowest BCUT2D eigenvalue weighted by atomic mass is 9.78. The molecule has 5 atom stereocenters. The zero-order valence-electron chi connectivity index (χ0n) is 21.0. The van der Waals surface area contributed by atoms with Crippen molar-refractivity contribution in [2.45, 2.75) is 82.3 Å². The zero-order chi connectivity index (χ0) is 25.6. The SMILES string of the molecule is O=C(N1CCc2ncc(C(F)(F)F)cc2C1)C12CCCC1CC(NC1CCOC(c3ccccc3)C1)C2. The summed E-state index contributed by atoms with van der Waals surface area (Å²) in [6, 6.07) is 12.1. The number of nitrogens with one attached hydrogen (secondary N) is 1. The van der Waals surface area contributed by atoms with Crippen LogP contribution in [0.3, 0.4) is 0 Å². The number of halogens is 3. The molecule has 0 radical (unpaired) electrons. The molecule has 2 aliphatic carbocycles. The summed E-state index contributed by atoms with van der Waals surface area (Å²) in [5, 5.41) is 3.88. The summed E-state index contributed by atoms with van der Waals surface area (Å²) in [6.07, 6.45) is 3.72. The van der Waals surface area contributed by atoms with E-state index in [0.29, 0.717) is 36.2 Å². The van der Waals surface area contributed by atoms with Crippen molar-refractivity contribution < 1.29 is 22.7 Å². The molecule has 2 saturated carbocycles. The fourth-order valence-electron chi connectivity index (χ4n) is 7.37. The van der Waals surface area contributed by atoms with E-state index < -0.39 is 17.2 Å². The van der Waals surface area contributed by atoms with Crippen LogP contribution in [0.25, 0.3) is 0 Å². The molecule has 8 heteroatoms. The van der Waals surface area contributed by atoms with Crippen LogP contribution in [0.1, 0.15) is 73.4 Å². The lowest BCUT2D eigenvalue weighted by Crippen LogP contribution is -2.47. The Morgan fingerprint density at radius 2 is 1.97 bits per heavy atom. The Labute approximate surface area is 215 Å². The molecule has 5 unspecified atom stereocenters. The molecule has 1 amide bonds. The van der Waals surface area contributed by atoms with Gasteiger partial charge in [0, 0.05) is 50.1 Å². The summed E-state index contributed by atoms with van der Waals surface area (Å²) < 4.78 is 45.8. The maximum atomic E-state index is 14.0. The molecule has 1 N–H and O–H groups in total. The van der Waals surface area contributed by atoms with Crippen molar-refractivity contribution >= 4 is 5.91 Å².